The first-order valence-electron chi connectivity index (χ1n) is 11.5. The zero-order chi connectivity index (χ0) is 24.5. The number of aromatic nitrogens is 1. The van der Waals surface area contributed by atoms with Crippen molar-refractivity contribution in [1.82, 2.24) is 15.4 Å². The summed E-state index contributed by atoms with van der Waals surface area (Å²) in [6.07, 6.45) is 2.79. The minimum atomic E-state index is -0.824. The second kappa shape index (κ2) is 12.1. The number of rotatable bonds is 6. The van der Waals surface area contributed by atoms with Crippen molar-refractivity contribution in [2.24, 2.45) is 5.92 Å². The number of nitriles is 1. The van der Waals surface area contributed by atoms with Crippen molar-refractivity contribution in [3.05, 3.63) is 58.8 Å². The quantitative estimate of drug-likeness (QED) is 0.542. The Bertz CT molecular complexity index is 1130. The van der Waals surface area contributed by atoms with Crippen LogP contribution in [0.1, 0.15) is 41.6 Å². The molecule has 0 saturated carbocycles. The van der Waals surface area contributed by atoms with Gasteiger partial charge in [-0.25, -0.2) is 4.79 Å². The third-order valence-corrected chi connectivity index (χ3v) is 6.13. The molecule has 0 aliphatic carbocycles. The van der Waals surface area contributed by atoms with Gasteiger partial charge < -0.3 is 24.6 Å². The number of nitrogens with one attached hydrogen (secondary N) is 1. The Morgan fingerprint density at radius 2 is 1.91 bits per heavy atom. The highest BCUT2D eigenvalue weighted by Crippen LogP contribution is 2.29. The lowest BCUT2D eigenvalue weighted by Crippen LogP contribution is -2.37. The smallest absolute Gasteiger partial charge is 0.407 e. The SMILES string of the molecule is CNC.Cc1c(COc2ccc(C#N)cc2)ccc2c(CCC3CCN(C(=O)O)CC3)noc12. The van der Waals surface area contributed by atoms with Crippen molar-refractivity contribution in [3.63, 3.8) is 0 Å². The molecule has 34 heavy (non-hydrogen) atoms. The van der Waals surface area contributed by atoms with Crippen LogP contribution in [0.5, 0.6) is 5.75 Å². The van der Waals surface area contributed by atoms with Gasteiger partial charge in [-0.15, -0.1) is 0 Å². The van der Waals surface area contributed by atoms with E-state index in [-0.39, 0.29) is 0 Å². The van der Waals surface area contributed by atoms with Crippen molar-refractivity contribution in [2.45, 2.75) is 39.2 Å². The Morgan fingerprint density at radius 3 is 2.53 bits per heavy atom. The summed E-state index contributed by atoms with van der Waals surface area (Å²) in [5, 5.41) is 26.1. The summed E-state index contributed by atoms with van der Waals surface area (Å²) in [5.74, 6) is 1.23. The monoisotopic (exact) mass is 464 g/mol. The van der Waals surface area contributed by atoms with Crippen LogP contribution in [0.4, 0.5) is 4.79 Å². The first-order valence-corrected chi connectivity index (χ1v) is 11.5. The first-order chi connectivity index (χ1) is 16.5. The van der Waals surface area contributed by atoms with Gasteiger partial charge in [0.1, 0.15) is 12.4 Å². The van der Waals surface area contributed by atoms with Gasteiger partial charge in [0, 0.05) is 24.0 Å². The fraction of sp³-hybridized carbons (Fsp3) is 0.423. The van der Waals surface area contributed by atoms with Crippen LogP contribution in [0.3, 0.4) is 0 Å². The van der Waals surface area contributed by atoms with Crippen LogP contribution in [0.15, 0.2) is 40.9 Å². The molecular weight excluding hydrogens is 432 g/mol. The largest absolute Gasteiger partial charge is 0.489 e. The number of amides is 1. The van der Waals surface area contributed by atoms with E-state index in [1.807, 2.05) is 33.2 Å². The highest BCUT2D eigenvalue weighted by atomic mass is 16.5. The number of carbonyl (C=O) groups is 1. The van der Waals surface area contributed by atoms with E-state index in [0.717, 1.165) is 53.5 Å². The standard InChI is InChI=1S/C24H25N3O4.C2H7N/c1-16-19(15-30-20-6-2-18(14-25)3-7-20)5-8-21-22(26-31-23(16)21)9-4-17-10-12-27(13-11-17)24(28)29;1-3-2/h2-3,5-8,17H,4,9-13,15H2,1H3,(H,28,29);3H,1-2H3. The van der Waals surface area contributed by atoms with Crippen molar-refractivity contribution in [1.29, 1.82) is 5.26 Å². The summed E-state index contributed by atoms with van der Waals surface area (Å²) in [6, 6.07) is 13.2. The molecule has 0 spiro atoms. The van der Waals surface area contributed by atoms with Crippen LogP contribution >= 0.6 is 0 Å². The van der Waals surface area contributed by atoms with Gasteiger partial charge in [-0.05, 0) is 88.5 Å². The van der Waals surface area contributed by atoms with Crippen molar-refractivity contribution in [2.75, 3.05) is 27.2 Å². The predicted octanol–water partition coefficient (Wildman–Crippen LogP) is 4.75. The number of likely N-dealkylation sites (tertiary alicyclic amines) is 1. The number of fused-ring (bicyclic) bond motifs is 1. The summed E-state index contributed by atoms with van der Waals surface area (Å²) in [7, 11) is 3.75. The second-order valence-corrected chi connectivity index (χ2v) is 8.53. The Hall–Kier alpha value is -3.57. The maximum atomic E-state index is 11.0. The lowest BCUT2D eigenvalue weighted by Gasteiger charge is -2.29. The van der Waals surface area contributed by atoms with E-state index in [9.17, 15) is 4.79 Å². The molecule has 0 unspecified atom stereocenters. The molecule has 1 saturated heterocycles. The van der Waals surface area contributed by atoms with Gasteiger partial charge in [0.15, 0.2) is 5.58 Å². The maximum absolute atomic E-state index is 11.0. The average molecular weight is 465 g/mol. The highest BCUT2D eigenvalue weighted by molar-refractivity contribution is 5.83. The molecule has 0 radical (unpaired) electrons. The molecule has 8 nitrogen and oxygen atoms in total. The van der Waals surface area contributed by atoms with Crippen molar-refractivity contribution in [3.8, 4) is 11.8 Å². The second-order valence-electron chi connectivity index (χ2n) is 8.53. The van der Waals surface area contributed by atoms with Crippen LogP contribution in [-0.4, -0.2) is 48.4 Å². The predicted molar refractivity (Wildman–Crippen MR) is 130 cm³/mol. The molecule has 3 aromatic rings. The number of nitrogens with zero attached hydrogens (tertiary/aromatic N) is 3. The zero-order valence-electron chi connectivity index (χ0n) is 20.0. The average Bonchev–Trinajstić information content (AvgIpc) is 3.27. The van der Waals surface area contributed by atoms with E-state index in [2.05, 4.69) is 16.5 Å². The number of hydrogen-bond acceptors (Lipinski definition) is 6. The Morgan fingerprint density at radius 1 is 1.24 bits per heavy atom. The Labute approximate surface area is 200 Å². The lowest BCUT2D eigenvalue weighted by atomic mass is 9.91. The fourth-order valence-electron chi connectivity index (χ4n) is 4.10. The molecule has 180 valence electrons. The van der Waals surface area contributed by atoms with Crippen LogP contribution in [0.2, 0.25) is 0 Å². The van der Waals surface area contributed by atoms with Crippen LogP contribution in [-0.2, 0) is 13.0 Å². The fourth-order valence-corrected chi connectivity index (χ4v) is 4.10. The Kier molecular flexibility index (Phi) is 8.88. The maximum Gasteiger partial charge on any atom is 0.407 e. The normalized spacial score (nSPS) is 13.8. The van der Waals surface area contributed by atoms with E-state index in [1.54, 1.807) is 24.3 Å². The molecule has 1 fully saturated rings. The number of aryl methyl sites for hydroxylation is 2. The molecular formula is C26H32N4O4. The number of carboxylic acid groups (broad SMARTS) is 1. The number of hydrogen-bond donors (Lipinski definition) is 2. The van der Waals surface area contributed by atoms with Gasteiger partial charge in [0.05, 0.1) is 17.3 Å². The molecule has 1 aliphatic heterocycles. The molecule has 1 aliphatic rings. The number of piperidine rings is 1. The highest BCUT2D eigenvalue weighted by Gasteiger charge is 2.23. The van der Waals surface area contributed by atoms with Gasteiger partial charge in [0.25, 0.3) is 0 Å². The van der Waals surface area contributed by atoms with Crippen LogP contribution < -0.4 is 10.1 Å². The van der Waals surface area contributed by atoms with Crippen molar-refractivity contribution >= 4 is 17.1 Å². The molecule has 8 heteroatoms. The lowest BCUT2D eigenvalue weighted by molar-refractivity contribution is 0.123. The number of ether oxygens (including phenoxy) is 1. The topological polar surface area (TPSA) is 112 Å². The first kappa shape index (κ1) is 25.1. The van der Waals surface area contributed by atoms with Gasteiger partial charge in [-0.3, -0.25) is 0 Å². The van der Waals surface area contributed by atoms with Crippen LogP contribution in [0.25, 0.3) is 11.0 Å². The zero-order valence-corrected chi connectivity index (χ0v) is 20.0. The third-order valence-electron chi connectivity index (χ3n) is 6.13. The molecule has 1 aromatic heterocycles. The molecule has 2 heterocycles. The van der Waals surface area contributed by atoms with E-state index >= 15 is 0 Å². The van der Waals surface area contributed by atoms with E-state index in [4.69, 9.17) is 19.6 Å². The summed E-state index contributed by atoms with van der Waals surface area (Å²) < 4.78 is 11.5. The van der Waals surface area contributed by atoms with Gasteiger partial charge in [-0.2, -0.15) is 5.26 Å². The summed E-state index contributed by atoms with van der Waals surface area (Å²) in [6.45, 7) is 3.64. The molecule has 0 bridgehead atoms. The van der Waals surface area contributed by atoms with Gasteiger partial charge in [0.2, 0.25) is 0 Å². The molecule has 1 amide bonds. The van der Waals surface area contributed by atoms with Gasteiger partial charge in [-0.1, -0.05) is 11.2 Å². The molecule has 2 aromatic carbocycles. The number of benzene rings is 2. The van der Waals surface area contributed by atoms with E-state index in [0.29, 0.717) is 36.9 Å². The molecule has 4 rings (SSSR count). The summed E-state index contributed by atoms with van der Waals surface area (Å²) in [5.41, 5.74) is 4.39. The van der Waals surface area contributed by atoms with E-state index in [1.165, 1.54) is 4.90 Å². The Balaban J connectivity index is 0.00000103. The van der Waals surface area contributed by atoms with E-state index < -0.39 is 6.09 Å². The molecule has 0 atom stereocenters. The van der Waals surface area contributed by atoms with Gasteiger partial charge >= 0.3 is 6.09 Å². The summed E-state index contributed by atoms with van der Waals surface area (Å²) in [4.78, 5) is 12.5. The van der Waals surface area contributed by atoms with Crippen molar-refractivity contribution < 1.29 is 19.2 Å². The third kappa shape index (κ3) is 6.27. The summed E-state index contributed by atoms with van der Waals surface area (Å²) >= 11 is 0. The minimum absolute atomic E-state index is 0.409. The van der Waals surface area contributed by atoms with Crippen LogP contribution in [0, 0.1) is 24.2 Å². The minimum Gasteiger partial charge on any atom is -0.489 e. The molecule has 2 N–H and O–H groups in total.